The number of nitro benzene ring substituents is 1. The van der Waals surface area contributed by atoms with Crippen LogP contribution in [0.3, 0.4) is 0 Å². The molecule has 0 unspecified atom stereocenters. The second kappa shape index (κ2) is 12.9. The molecule has 2 aromatic carbocycles. The highest BCUT2D eigenvalue weighted by atomic mass is 16.6. The smallest absolute Gasteiger partial charge is 0.427 e. The van der Waals surface area contributed by atoms with Gasteiger partial charge in [0.1, 0.15) is 5.92 Å². The lowest BCUT2D eigenvalue weighted by molar-refractivity contribution is -0.384. The molecule has 2 N–H and O–H groups in total. The Bertz CT molecular complexity index is 1150. The van der Waals surface area contributed by atoms with Crippen molar-refractivity contribution in [2.45, 2.75) is 31.6 Å². The lowest BCUT2D eigenvalue weighted by Gasteiger charge is -2.14. The molecule has 174 valence electrons. The van der Waals surface area contributed by atoms with Crippen molar-refractivity contribution in [3.8, 4) is 12.1 Å². The first-order chi connectivity index (χ1) is 16.4. The average Bonchev–Trinajstić information content (AvgIpc) is 2.83. The zero-order chi connectivity index (χ0) is 24.9. The van der Waals surface area contributed by atoms with Gasteiger partial charge >= 0.3 is 6.09 Å². The summed E-state index contributed by atoms with van der Waals surface area (Å²) >= 11 is 0. The van der Waals surface area contributed by atoms with Crippen LogP contribution in [0.25, 0.3) is 0 Å². The summed E-state index contributed by atoms with van der Waals surface area (Å²) in [7, 11) is 1.18. The van der Waals surface area contributed by atoms with Crippen LogP contribution in [0.4, 0.5) is 16.2 Å². The van der Waals surface area contributed by atoms with E-state index < -0.39 is 16.9 Å². The van der Waals surface area contributed by atoms with Crippen molar-refractivity contribution < 1.29 is 19.2 Å². The molecule has 0 spiro atoms. The molecule has 2 rings (SSSR count). The van der Waals surface area contributed by atoms with Crippen LogP contribution in [-0.2, 0) is 16.0 Å². The number of nitriles is 2. The average molecular weight is 462 g/mol. The van der Waals surface area contributed by atoms with Crippen LogP contribution in [0.15, 0.2) is 53.6 Å². The van der Waals surface area contributed by atoms with Crippen LogP contribution >= 0.6 is 0 Å². The summed E-state index contributed by atoms with van der Waals surface area (Å²) in [5, 5.41) is 36.1. The van der Waals surface area contributed by atoms with Gasteiger partial charge in [0.15, 0.2) is 0 Å². The van der Waals surface area contributed by atoms with Crippen molar-refractivity contribution in [2.75, 3.05) is 12.4 Å². The number of carbonyl (C=O) groups excluding carboxylic acids is 2. The number of nitrogens with one attached hydrogen (secondary N) is 2. The first kappa shape index (κ1) is 25.5. The Morgan fingerprint density at radius 3 is 2.53 bits per heavy atom. The number of hydrogen-bond acceptors (Lipinski definition) is 8. The third-order valence-electron chi connectivity index (χ3n) is 4.71. The van der Waals surface area contributed by atoms with E-state index in [9.17, 15) is 25.0 Å². The van der Waals surface area contributed by atoms with E-state index in [0.717, 1.165) is 5.56 Å². The number of rotatable bonds is 10. The first-order valence-corrected chi connectivity index (χ1v) is 10.2. The van der Waals surface area contributed by atoms with Crippen molar-refractivity contribution in [2.24, 2.45) is 5.10 Å². The molecule has 11 heteroatoms. The summed E-state index contributed by atoms with van der Waals surface area (Å²) < 4.78 is 4.52. The molecule has 2 amide bonds. The molecule has 34 heavy (non-hydrogen) atoms. The fraction of sp³-hybridized carbons (Fsp3) is 0.261. The Morgan fingerprint density at radius 2 is 1.91 bits per heavy atom. The number of ether oxygens (including phenoxy) is 1. The number of benzene rings is 2. The van der Waals surface area contributed by atoms with Crippen LogP contribution < -0.4 is 10.7 Å². The van der Waals surface area contributed by atoms with E-state index in [4.69, 9.17) is 5.26 Å². The van der Waals surface area contributed by atoms with E-state index in [1.54, 1.807) is 30.3 Å². The van der Waals surface area contributed by atoms with Crippen molar-refractivity contribution in [1.29, 1.82) is 10.5 Å². The van der Waals surface area contributed by atoms with Gasteiger partial charge in [0, 0.05) is 24.2 Å². The minimum atomic E-state index is -0.804. The van der Waals surface area contributed by atoms with Gasteiger partial charge in [-0.2, -0.15) is 15.6 Å². The zero-order valence-electron chi connectivity index (χ0n) is 18.4. The third-order valence-corrected chi connectivity index (χ3v) is 4.71. The summed E-state index contributed by atoms with van der Waals surface area (Å²) in [6, 6.07) is 16.7. The predicted octanol–water partition coefficient (Wildman–Crippen LogP) is 3.79. The van der Waals surface area contributed by atoms with Gasteiger partial charge in [-0.05, 0) is 30.0 Å². The molecule has 0 saturated carbocycles. The Hall–Kier alpha value is -4.77. The van der Waals surface area contributed by atoms with Crippen LogP contribution in [0, 0.1) is 32.8 Å². The molecule has 0 fully saturated rings. The number of hydrogen-bond donors (Lipinski definition) is 2. The number of amides is 2. The highest BCUT2D eigenvalue weighted by Gasteiger charge is 2.19. The molecule has 0 saturated heterocycles. The van der Waals surface area contributed by atoms with Gasteiger partial charge in [0.05, 0.1) is 36.3 Å². The second-order valence-corrected chi connectivity index (χ2v) is 7.05. The standard InChI is InChI=1S/C23H22N6O5/c1-34-23(31)28-27-21(20(15-25)17-10-8-16(9-11-17)12-13-24)6-3-7-22(30)26-18-4-2-5-19(14-18)29(32)33/h2,4-5,8-11,14,20H,3,6-7,12H2,1H3,(H,26,30)(H,28,31)/b27-21+/t20-/m0/s1. The minimum absolute atomic E-state index is 0.0548. The fourth-order valence-corrected chi connectivity index (χ4v) is 3.04. The number of nitrogens with zero attached hydrogens (tertiary/aromatic N) is 4. The van der Waals surface area contributed by atoms with Gasteiger partial charge in [-0.3, -0.25) is 14.9 Å². The maximum Gasteiger partial charge on any atom is 0.427 e. The molecule has 0 bridgehead atoms. The summed E-state index contributed by atoms with van der Waals surface area (Å²) in [5.74, 6) is -1.16. The van der Waals surface area contributed by atoms with E-state index >= 15 is 0 Å². The highest BCUT2D eigenvalue weighted by molar-refractivity contribution is 5.95. The molecule has 0 aliphatic heterocycles. The summed E-state index contributed by atoms with van der Waals surface area (Å²) in [6.07, 6.45) is 0.000722. The Morgan fingerprint density at radius 1 is 1.18 bits per heavy atom. The summed E-state index contributed by atoms with van der Waals surface area (Å²) in [6.45, 7) is 0. The molecule has 2 aromatic rings. The molecule has 0 aliphatic carbocycles. The summed E-state index contributed by atoms with van der Waals surface area (Å²) in [5.41, 5.74) is 4.11. The molecular formula is C23H22N6O5. The lowest BCUT2D eigenvalue weighted by Crippen LogP contribution is -2.22. The molecular weight excluding hydrogens is 440 g/mol. The Balaban J connectivity index is 2.08. The fourth-order valence-electron chi connectivity index (χ4n) is 3.04. The summed E-state index contributed by atoms with van der Waals surface area (Å²) in [4.78, 5) is 34.1. The van der Waals surface area contributed by atoms with Gasteiger partial charge in [0.2, 0.25) is 5.91 Å². The number of anilines is 1. The van der Waals surface area contributed by atoms with E-state index in [1.165, 1.54) is 25.3 Å². The van der Waals surface area contributed by atoms with E-state index in [-0.39, 0.29) is 30.9 Å². The number of non-ortho nitro benzene ring substituents is 1. The Kier molecular flexibility index (Phi) is 9.70. The SMILES string of the molecule is COC(=O)N/N=C(\CCCC(=O)Nc1cccc([N+](=O)[O-])c1)[C@@H](C#N)c1ccc(CC#N)cc1. The largest absolute Gasteiger partial charge is 0.452 e. The topological polar surface area (TPSA) is 171 Å². The zero-order valence-corrected chi connectivity index (χ0v) is 18.4. The number of methoxy groups -OCH3 is 1. The lowest BCUT2D eigenvalue weighted by atomic mass is 9.91. The second-order valence-electron chi connectivity index (χ2n) is 7.05. The van der Waals surface area contributed by atoms with E-state index in [2.05, 4.69) is 32.7 Å². The van der Waals surface area contributed by atoms with Gasteiger partial charge < -0.3 is 10.1 Å². The number of carbonyl (C=O) groups is 2. The van der Waals surface area contributed by atoms with Gasteiger partial charge in [-0.1, -0.05) is 30.3 Å². The maximum absolute atomic E-state index is 12.3. The third kappa shape index (κ3) is 7.73. The number of nitro groups is 1. The van der Waals surface area contributed by atoms with Crippen molar-refractivity contribution >= 4 is 29.1 Å². The highest BCUT2D eigenvalue weighted by Crippen LogP contribution is 2.22. The number of hydrazone groups is 1. The van der Waals surface area contributed by atoms with Crippen LogP contribution in [0.5, 0.6) is 0 Å². The quantitative estimate of drug-likeness (QED) is 0.307. The van der Waals surface area contributed by atoms with Crippen molar-refractivity contribution in [1.82, 2.24) is 5.43 Å². The molecule has 0 radical (unpaired) electrons. The molecule has 0 heterocycles. The van der Waals surface area contributed by atoms with Crippen LogP contribution in [0.2, 0.25) is 0 Å². The monoisotopic (exact) mass is 462 g/mol. The Labute approximate surface area is 195 Å². The van der Waals surface area contributed by atoms with Crippen LogP contribution in [0.1, 0.15) is 36.3 Å². The molecule has 11 nitrogen and oxygen atoms in total. The minimum Gasteiger partial charge on any atom is -0.452 e. The van der Waals surface area contributed by atoms with Gasteiger partial charge in [-0.25, -0.2) is 10.2 Å². The molecule has 0 aliphatic rings. The van der Waals surface area contributed by atoms with Gasteiger partial charge in [-0.15, -0.1) is 0 Å². The predicted molar refractivity (Wildman–Crippen MR) is 123 cm³/mol. The molecule has 1 atom stereocenters. The van der Waals surface area contributed by atoms with Gasteiger partial charge in [0.25, 0.3) is 5.69 Å². The van der Waals surface area contributed by atoms with Crippen LogP contribution in [-0.4, -0.2) is 29.7 Å². The maximum atomic E-state index is 12.3. The normalized spacial score (nSPS) is 11.4. The van der Waals surface area contributed by atoms with E-state index in [0.29, 0.717) is 23.4 Å². The van der Waals surface area contributed by atoms with Crippen molar-refractivity contribution in [3.05, 3.63) is 69.8 Å². The van der Waals surface area contributed by atoms with Crippen molar-refractivity contribution in [3.63, 3.8) is 0 Å². The first-order valence-electron chi connectivity index (χ1n) is 10.2. The van der Waals surface area contributed by atoms with E-state index in [1.807, 2.05) is 0 Å². The molecule has 0 aromatic heterocycles.